The maximum absolute atomic E-state index is 15.4. The fraction of sp³-hybridized carbons (Fsp3) is 0.630. The summed E-state index contributed by atoms with van der Waals surface area (Å²) in [7, 11) is 0. The van der Waals surface area contributed by atoms with Crippen LogP contribution in [0.1, 0.15) is 66.2 Å². The van der Waals surface area contributed by atoms with E-state index in [-0.39, 0.29) is 54.6 Å². The number of Topliss-reactive ketones (excluding diaryl/α,β-unsaturated/α-hetero) is 2. The first-order valence-corrected chi connectivity index (χ1v) is 12.1. The molecule has 0 aromatic rings. The van der Waals surface area contributed by atoms with Crippen LogP contribution in [0.4, 0.5) is 4.39 Å². The van der Waals surface area contributed by atoms with E-state index in [1.165, 1.54) is 12.2 Å². The summed E-state index contributed by atoms with van der Waals surface area (Å²) in [6, 6.07) is 0. The van der Waals surface area contributed by atoms with E-state index in [9.17, 15) is 19.2 Å². The molecular formula is C27H33FO5. The van der Waals surface area contributed by atoms with Crippen LogP contribution in [0, 0.1) is 28.6 Å². The topological polar surface area (TPSA) is 77.5 Å². The number of esters is 1. The minimum absolute atomic E-state index is 0.00669. The SMILES string of the molecule is CCCCC(=O)OCC(=O)[C@H]1[C@H](C)C[C@H]2C3=C(C(=O)C[C@@]21C)[C@@]1(C)C=CC(=O)C=C1[C@@H](F)C3. The lowest BCUT2D eigenvalue weighted by Gasteiger charge is -2.49. The number of ketones is 3. The van der Waals surface area contributed by atoms with Crippen LogP contribution in [0.5, 0.6) is 0 Å². The van der Waals surface area contributed by atoms with Crippen molar-refractivity contribution in [2.45, 2.75) is 72.4 Å². The van der Waals surface area contributed by atoms with Crippen LogP contribution in [-0.4, -0.2) is 36.1 Å². The van der Waals surface area contributed by atoms with Gasteiger partial charge in [0.05, 0.1) is 0 Å². The summed E-state index contributed by atoms with van der Waals surface area (Å²) in [5.41, 5.74) is 0.234. The molecule has 0 bridgehead atoms. The van der Waals surface area contributed by atoms with Crippen LogP contribution in [0.25, 0.3) is 0 Å². The standard InChI is InChI=1S/C27H33FO5/c1-5-6-7-23(32)33-14-22(31)24-15(2)10-18-17-12-20(28)19-11-16(29)8-9-26(19,3)25(17)21(30)13-27(18,24)4/h8-9,11,15,18,20,24H,5-7,10,12-14H2,1-4H3/t15-,18+,20+,24-,26+,27+/m1/s1. The van der Waals surface area contributed by atoms with Crippen molar-refractivity contribution in [3.63, 3.8) is 0 Å². The molecule has 0 unspecified atom stereocenters. The van der Waals surface area contributed by atoms with Gasteiger partial charge in [-0.1, -0.05) is 38.8 Å². The van der Waals surface area contributed by atoms with Crippen molar-refractivity contribution < 1.29 is 28.3 Å². The number of ether oxygens (including phenoxy) is 1. The molecule has 6 atom stereocenters. The lowest BCUT2D eigenvalue weighted by molar-refractivity contribution is -0.151. The summed E-state index contributed by atoms with van der Waals surface area (Å²) >= 11 is 0. The van der Waals surface area contributed by atoms with E-state index in [4.69, 9.17) is 4.74 Å². The maximum atomic E-state index is 15.4. The first-order valence-electron chi connectivity index (χ1n) is 12.1. The van der Waals surface area contributed by atoms with Gasteiger partial charge in [0.2, 0.25) is 0 Å². The molecule has 178 valence electrons. The normalized spacial score (nSPS) is 37.3. The first kappa shape index (κ1) is 23.8. The van der Waals surface area contributed by atoms with Crippen molar-refractivity contribution in [1.29, 1.82) is 0 Å². The number of alkyl halides is 1. The van der Waals surface area contributed by atoms with Crippen molar-refractivity contribution in [3.05, 3.63) is 34.9 Å². The first-order chi connectivity index (χ1) is 15.5. The van der Waals surface area contributed by atoms with Crippen LogP contribution < -0.4 is 0 Å². The minimum Gasteiger partial charge on any atom is -0.458 e. The van der Waals surface area contributed by atoms with Gasteiger partial charge in [0.25, 0.3) is 0 Å². The second kappa shape index (κ2) is 8.44. The van der Waals surface area contributed by atoms with E-state index in [1.807, 2.05) is 27.7 Å². The molecule has 5 nitrogen and oxygen atoms in total. The minimum atomic E-state index is -1.33. The van der Waals surface area contributed by atoms with Crippen molar-refractivity contribution in [2.24, 2.45) is 28.6 Å². The van der Waals surface area contributed by atoms with Crippen molar-refractivity contribution in [3.8, 4) is 0 Å². The second-order valence-corrected chi connectivity index (χ2v) is 10.7. The van der Waals surface area contributed by atoms with Crippen molar-refractivity contribution in [1.82, 2.24) is 0 Å². The summed E-state index contributed by atoms with van der Waals surface area (Å²) in [4.78, 5) is 50.6. The molecular weight excluding hydrogens is 423 g/mol. The number of halogens is 1. The molecule has 6 heteroatoms. The highest BCUT2D eigenvalue weighted by molar-refractivity contribution is 6.06. The van der Waals surface area contributed by atoms with Crippen molar-refractivity contribution in [2.75, 3.05) is 6.61 Å². The Balaban J connectivity index is 1.65. The Labute approximate surface area is 194 Å². The molecule has 0 amide bonds. The van der Waals surface area contributed by atoms with Gasteiger partial charge in [-0.2, -0.15) is 0 Å². The fourth-order valence-corrected chi connectivity index (χ4v) is 7.03. The number of allylic oxidation sites excluding steroid dienone is 6. The Morgan fingerprint density at radius 2 is 1.97 bits per heavy atom. The Morgan fingerprint density at radius 1 is 1.24 bits per heavy atom. The molecule has 0 N–H and O–H groups in total. The van der Waals surface area contributed by atoms with Crippen LogP contribution in [-0.2, 0) is 23.9 Å². The molecule has 4 aliphatic carbocycles. The fourth-order valence-electron chi connectivity index (χ4n) is 7.03. The Kier molecular flexibility index (Phi) is 6.08. The van der Waals surface area contributed by atoms with Gasteiger partial charge >= 0.3 is 5.97 Å². The van der Waals surface area contributed by atoms with Crippen LogP contribution in [0.3, 0.4) is 0 Å². The lowest BCUT2D eigenvalue weighted by atomic mass is 9.53. The van der Waals surface area contributed by atoms with Gasteiger partial charge in [-0.25, -0.2) is 4.39 Å². The zero-order valence-electron chi connectivity index (χ0n) is 19.9. The average Bonchev–Trinajstić information content (AvgIpc) is 3.01. The third kappa shape index (κ3) is 3.75. The Bertz CT molecular complexity index is 1000. The number of carbonyl (C=O) groups is 4. The molecule has 4 aliphatic rings. The molecule has 0 radical (unpaired) electrons. The van der Waals surface area contributed by atoms with Gasteiger partial charge in [-0.05, 0) is 54.7 Å². The monoisotopic (exact) mass is 456 g/mol. The molecule has 0 spiro atoms. The Morgan fingerprint density at radius 3 is 2.67 bits per heavy atom. The highest BCUT2D eigenvalue weighted by Crippen LogP contribution is 2.64. The lowest BCUT2D eigenvalue weighted by Crippen LogP contribution is -2.48. The van der Waals surface area contributed by atoms with Gasteiger partial charge in [-0.15, -0.1) is 0 Å². The molecule has 0 aromatic heterocycles. The Hall–Kier alpha value is -2.37. The predicted molar refractivity (Wildman–Crippen MR) is 121 cm³/mol. The third-order valence-electron chi connectivity index (χ3n) is 8.44. The van der Waals surface area contributed by atoms with Gasteiger partial charge in [0.1, 0.15) is 12.8 Å². The second-order valence-electron chi connectivity index (χ2n) is 10.7. The highest BCUT2D eigenvalue weighted by Gasteiger charge is 2.61. The molecule has 33 heavy (non-hydrogen) atoms. The summed E-state index contributed by atoms with van der Waals surface area (Å²) in [5.74, 6) is -1.38. The summed E-state index contributed by atoms with van der Waals surface area (Å²) in [6.07, 6.45) is 5.95. The van der Waals surface area contributed by atoms with E-state index < -0.39 is 22.9 Å². The average molecular weight is 457 g/mol. The molecule has 4 rings (SSSR count). The molecule has 1 fully saturated rings. The predicted octanol–water partition coefficient (Wildman–Crippen LogP) is 4.65. The highest BCUT2D eigenvalue weighted by atomic mass is 19.1. The quantitative estimate of drug-likeness (QED) is 0.544. The van der Waals surface area contributed by atoms with Crippen LogP contribution in [0.2, 0.25) is 0 Å². The van der Waals surface area contributed by atoms with Crippen molar-refractivity contribution >= 4 is 23.3 Å². The van der Waals surface area contributed by atoms with E-state index in [2.05, 4.69) is 0 Å². The molecule has 0 aromatic carbocycles. The molecule has 0 heterocycles. The zero-order valence-corrected chi connectivity index (χ0v) is 19.9. The number of hydrogen-bond donors (Lipinski definition) is 0. The van der Waals surface area contributed by atoms with Crippen LogP contribution in [0.15, 0.2) is 34.9 Å². The zero-order chi connectivity index (χ0) is 24.1. The van der Waals surface area contributed by atoms with Gasteiger partial charge in [0, 0.05) is 36.2 Å². The van der Waals surface area contributed by atoms with Gasteiger partial charge < -0.3 is 4.74 Å². The number of carbonyl (C=O) groups excluding carboxylic acids is 4. The number of fused-ring (bicyclic) bond motifs is 4. The number of hydrogen-bond acceptors (Lipinski definition) is 5. The van der Waals surface area contributed by atoms with Crippen LogP contribution >= 0.6 is 0 Å². The smallest absolute Gasteiger partial charge is 0.306 e. The van der Waals surface area contributed by atoms with E-state index in [1.54, 1.807) is 6.08 Å². The van der Waals surface area contributed by atoms with E-state index in [0.29, 0.717) is 24.0 Å². The van der Waals surface area contributed by atoms with Gasteiger partial charge in [-0.3, -0.25) is 19.2 Å². The van der Waals surface area contributed by atoms with E-state index in [0.717, 1.165) is 18.4 Å². The number of unbranched alkanes of at least 4 members (excludes halogenated alkanes) is 1. The number of rotatable bonds is 6. The maximum Gasteiger partial charge on any atom is 0.306 e. The summed E-state index contributed by atoms with van der Waals surface area (Å²) < 4.78 is 20.6. The summed E-state index contributed by atoms with van der Waals surface area (Å²) in [5, 5.41) is 0. The van der Waals surface area contributed by atoms with Gasteiger partial charge in [0.15, 0.2) is 17.3 Å². The third-order valence-corrected chi connectivity index (χ3v) is 8.44. The largest absolute Gasteiger partial charge is 0.458 e. The molecule has 0 aliphatic heterocycles. The molecule has 1 saturated carbocycles. The molecule has 0 saturated heterocycles. The summed E-state index contributed by atoms with van der Waals surface area (Å²) in [6.45, 7) is 7.49. The van der Waals surface area contributed by atoms with E-state index >= 15 is 4.39 Å².